The van der Waals surface area contributed by atoms with Gasteiger partial charge in [-0.05, 0) is 45.4 Å². The van der Waals surface area contributed by atoms with E-state index in [1.54, 1.807) is 17.7 Å². The van der Waals surface area contributed by atoms with Gasteiger partial charge in [-0.2, -0.15) is 31.4 Å². The number of nitrogens with zero attached hydrogens (tertiary/aromatic N) is 3. The van der Waals surface area contributed by atoms with Crippen molar-refractivity contribution in [2.24, 2.45) is 0 Å². The minimum Gasteiger partial charge on any atom is -0.484 e. The predicted molar refractivity (Wildman–Crippen MR) is 119 cm³/mol. The van der Waals surface area contributed by atoms with E-state index in [-0.39, 0.29) is 25.1 Å². The molecule has 2 heterocycles. The SMILES string of the molecule is COC(=O)C1CC(S(=O)(=O)c2ccc(OCC(F)(F)F)cc2C(F)(F)F)CN1c1cc(C)nn1C(C)C. The number of halogens is 6. The number of esters is 1. The number of benzene rings is 1. The number of sulfone groups is 1. The van der Waals surface area contributed by atoms with Crippen molar-refractivity contribution in [2.75, 3.05) is 25.2 Å². The van der Waals surface area contributed by atoms with Crippen LogP contribution in [0.3, 0.4) is 0 Å². The molecule has 2 atom stereocenters. The maximum Gasteiger partial charge on any atom is 0.422 e. The zero-order chi connectivity index (χ0) is 27.9. The van der Waals surface area contributed by atoms with Crippen LogP contribution >= 0.6 is 0 Å². The second-order valence-electron chi connectivity index (χ2n) is 8.84. The average Bonchev–Trinajstić information content (AvgIpc) is 3.40. The highest BCUT2D eigenvalue weighted by Gasteiger charge is 2.48. The Labute approximate surface area is 209 Å². The first kappa shape index (κ1) is 28.6. The quantitative estimate of drug-likeness (QED) is 0.370. The van der Waals surface area contributed by atoms with Gasteiger partial charge in [-0.15, -0.1) is 0 Å². The van der Waals surface area contributed by atoms with E-state index in [2.05, 4.69) is 9.84 Å². The molecule has 0 radical (unpaired) electrons. The number of hydrogen-bond acceptors (Lipinski definition) is 7. The Morgan fingerprint density at radius 1 is 1.16 bits per heavy atom. The number of methoxy groups -OCH3 is 1. The molecule has 0 aliphatic carbocycles. The Morgan fingerprint density at radius 2 is 1.81 bits per heavy atom. The summed E-state index contributed by atoms with van der Waals surface area (Å²) in [6.07, 6.45) is -10.4. The molecular weight excluding hydrogens is 532 g/mol. The van der Waals surface area contributed by atoms with Crippen molar-refractivity contribution in [1.29, 1.82) is 0 Å². The van der Waals surface area contributed by atoms with Crippen LogP contribution in [-0.2, 0) is 25.5 Å². The minimum absolute atomic E-state index is 0.182. The zero-order valence-electron chi connectivity index (χ0n) is 20.2. The van der Waals surface area contributed by atoms with E-state index in [1.807, 2.05) is 13.8 Å². The summed E-state index contributed by atoms with van der Waals surface area (Å²) in [5.41, 5.74) is -1.09. The third-order valence-corrected chi connectivity index (χ3v) is 7.95. The van der Waals surface area contributed by atoms with Crippen LogP contribution in [0.2, 0.25) is 0 Å². The highest BCUT2D eigenvalue weighted by Crippen LogP contribution is 2.40. The van der Waals surface area contributed by atoms with E-state index in [0.29, 0.717) is 17.6 Å². The van der Waals surface area contributed by atoms with Gasteiger partial charge in [-0.1, -0.05) is 0 Å². The molecule has 2 unspecified atom stereocenters. The van der Waals surface area contributed by atoms with Crippen molar-refractivity contribution in [1.82, 2.24) is 9.78 Å². The molecule has 0 saturated carbocycles. The highest BCUT2D eigenvalue weighted by atomic mass is 32.2. The molecule has 206 valence electrons. The first-order valence-electron chi connectivity index (χ1n) is 11.0. The number of ether oxygens (including phenoxy) is 2. The van der Waals surface area contributed by atoms with E-state index < -0.39 is 62.3 Å². The van der Waals surface area contributed by atoms with Crippen LogP contribution in [0.5, 0.6) is 5.75 Å². The summed E-state index contributed by atoms with van der Waals surface area (Å²) in [7, 11) is -3.63. The molecule has 1 aromatic carbocycles. The summed E-state index contributed by atoms with van der Waals surface area (Å²) < 4.78 is 117. The number of carbonyl (C=O) groups is 1. The van der Waals surface area contributed by atoms with E-state index >= 15 is 0 Å². The number of aryl methyl sites for hydroxylation is 1. The van der Waals surface area contributed by atoms with Crippen molar-refractivity contribution >= 4 is 21.6 Å². The molecule has 37 heavy (non-hydrogen) atoms. The molecule has 8 nitrogen and oxygen atoms in total. The summed E-state index contributed by atoms with van der Waals surface area (Å²) in [6, 6.07) is 1.84. The van der Waals surface area contributed by atoms with Crippen molar-refractivity contribution in [3.63, 3.8) is 0 Å². The molecule has 0 bridgehead atoms. The molecule has 1 fully saturated rings. The lowest BCUT2D eigenvalue weighted by Gasteiger charge is -2.26. The molecule has 1 aromatic heterocycles. The molecule has 1 aliphatic heterocycles. The normalized spacial score (nSPS) is 18.9. The zero-order valence-corrected chi connectivity index (χ0v) is 21.0. The third kappa shape index (κ3) is 6.13. The molecule has 0 spiro atoms. The average molecular weight is 558 g/mol. The smallest absolute Gasteiger partial charge is 0.422 e. The fourth-order valence-corrected chi connectivity index (χ4v) is 6.04. The molecule has 0 N–H and O–H groups in total. The summed E-state index contributed by atoms with van der Waals surface area (Å²) in [6.45, 7) is 3.12. The molecule has 1 aliphatic rings. The van der Waals surface area contributed by atoms with Gasteiger partial charge >= 0.3 is 18.3 Å². The number of rotatable bonds is 7. The molecule has 0 amide bonds. The minimum atomic E-state index is -5.21. The van der Waals surface area contributed by atoms with Gasteiger partial charge in [0.05, 0.1) is 28.5 Å². The Bertz CT molecular complexity index is 1260. The van der Waals surface area contributed by atoms with Gasteiger partial charge < -0.3 is 14.4 Å². The van der Waals surface area contributed by atoms with Gasteiger partial charge in [0.15, 0.2) is 16.4 Å². The summed E-state index contributed by atoms with van der Waals surface area (Å²) in [5.74, 6) is -1.17. The van der Waals surface area contributed by atoms with Crippen molar-refractivity contribution in [3.8, 4) is 5.75 Å². The lowest BCUT2D eigenvalue weighted by molar-refractivity contribution is -0.153. The second kappa shape index (κ2) is 10.1. The van der Waals surface area contributed by atoms with E-state index in [0.717, 1.165) is 13.2 Å². The maximum atomic E-state index is 13.8. The fourth-order valence-electron chi connectivity index (χ4n) is 4.15. The largest absolute Gasteiger partial charge is 0.484 e. The number of carbonyl (C=O) groups excluding carboxylic acids is 1. The standard InChI is InChI=1S/C22H25F6N3O5S/c1-12(2)31-19(7-13(3)29-31)30-10-15(9-17(30)20(32)35-4)37(33,34)18-6-5-14(36-11-21(23,24)25)8-16(18)22(26,27)28/h5-8,12,15,17H,9-11H2,1-4H3. The Kier molecular flexibility index (Phi) is 7.78. The van der Waals surface area contributed by atoms with E-state index in [1.165, 1.54) is 4.90 Å². The van der Waals surface area contributed by atoms with Crippen LogP contribution in [0.4, 0.5) is 32.2 Å². The van der Waals surface area contributed by atoms with Crippen LogP contribution < -0.4 is 9.64 Å². The van der Waals surface area contributed by atoms with Gasteiger partial charge in [0, 0.05) is 18.7 Å². The first-order chi connectivity index (χ1) is 17.0. The third-order valence-electron chi connectivity index (χ3n) is 5.76. The first-order valence-corrected chi connectivity index (χ1v) is 12.6. The van der Waals surface area contributed by atoms with Crippen LogP contribution in [-0.4, -0.2) is 61.9 Å². The van der Waals surface area contributed by atoms with Gasteiger partial charge in [0.25, 0.3) is 0 Å². The molecule has 15 heteroatoms. The highest BCUT2D eigenvalue weighted by molar-refractivity contribution is 7.92. The van der Waals surface area contributed by atoms with E-state index in [9.17, 15) is 39.6 Å². The van der Waals surface area contributed by atoms with Gasteiger partial charge in [0.1, 0.15) is 17.6 Å². The van der Waals surface area contributed by atoms with Gasteiger partial charge in [0.2, 0.25) is 0 Å². The summed E-state index contributed by atoms with van der Waals surface area (Å²) in [4.78, 5) is 12.9. The van der Waals surface area contributed by atoms with Crippen LogP contribution in [0, 0.1) is 6.92 Å². The van der Waals surface area contributed by atoms with Crippen LogP contribution in [0.25, 0.3) is 0 Å². The van der Waals surface area contributed by atoms with Crippen molar-refractivity contribution < 1.29 is 49.0 Å². The van der Waals surface area contributed by atoms with Gasteiger partial charge in [-0.25, -0.2) is 17.9 Å². The second-order valence-corrected chi connectivity index (χ2v) is 11.0. The van der Waals surface area contributed by atoms with E-state index in [4.69, 9.17) is 4.74 Å². The Balaban J connectivity index is 2.04. The topological polar surface area (TPSA) is 90.7 Å². The van der Waals surface area contributed by atoms with Crippen LogP contribution in [0.1, 0.15) is 37.6 Å². The lowest BCUT2D eigenvalue weighted by atomic mass is 10.2. The van der Waals surface area contributed by atoms with Crippen LogP contribution in [0.15, 0.2) is 29.2 Å². The monoisotopic (exact) mass is 557 g/mol. The summed E-state index contributed by atoms with van der Waals surface area (Å²) >= 11 is 0. The van der Waals surface area contributed by atoms with Crippen molar-refractivity contribution in [3.05, 3.63) is 35.5 Å². The lowest BCUT2D eigenvalue weighted by Crippen LogP contribution is -2.38. The number of hydrogen-bond donors (Lipinski definition) is 0. The summed E-state index contributed by atoms with van der Waals surface area (Å²) in [5, 5.41) is 2.88. The molecule has 1 saturated heterocycles. The maximum absolute atomic E-state index is 13.8. The Hall–Kier alpha value is -2.97. The predicted octanol–water partition coefficient (Wildman–Crippen LogP) is 4.33. The number of aromatic nitrogens is 2. The number of anilines is 1. The molecular formula is C22H25F6N3O5S. The number of alkyl halides is 6. The fraction of sp³-hybridized carbons (Fsp3) is 0.545. The van der Waals surface area contributed by atoms with Crippen molar-refractivity contribution in [2.45, 2.75) is 61.8 Å². The Morgan fingerprint density at radius 3 is 2.35 bits per heavy atom. The molecule has 3 rings (SSSR count). The van der Waals surface area contributed by atoms with Gasteiger partial charge in [-0.3, -0.25) is 0 Å². The molecule has 2 aromatic rings.